The highest BCUT2D eigenvalue weighted by atomic mass is 31.2. The molecule has 0 heterocycles. The Morgan fingerprint density at radius 2 is 1.05 bits per heavy atom. The van der Waals surface area contributed by atoms with Crippen molar-refractivity contribution in [3.8, 4) is 0 Å². The van der Waals surface area contributed by atoms with Crippen LogP contribution in [0.2, 0.25) is 0 Å². The van der Waals surface area contributed by atoms with E-state index in [1.54, 1.807) is 0 Å². The van der Waals surface area contributed by atoms with Gasteiger partial charge in [0.15, 0.2) is 7.14 Å². The fourth-order valence-electron chi connectivity index (χ4n) is 2.49. The van der Waals surface area contributed by atoms with Crippen molar-refractivity contribution < 1.29 is 4.57 Å². The molecule has 3 aromatic carbocycles. The molecule has 4 heteroatoms. The molecular formula is C18H15BNOP. The van der Waals surface area contributed by atoms with Crippen LogP contribution >= 0.6 is 7.14 Å². The number of hydrogen-bond donors (Lipinski definition) is 1. The minimum atomic E-state index is -2.88. The second-order valence-electron chi connectivity index (χ2n) is 4.97. The van der Waals surface area contributed by atoms with E-state index in [1.165, 1.54) is 0 Å². The summed E-state index contributed by atoms with van der Waals surface area (Å²) in [4.78, 5) is 0. The smallest absolute Gasteiger partial charge is 0.222 e. The van der Waals surface area contributed by atoms with E-state index in [1.807, 2.05) is 84.9 Å². The summed E-state index contributed by atoms with van der Waals surface area (Å²) in [5.74, 6) is 0. The number of benzene rings is 3. The van der Waals surface area contributed by atoms with Gasteiger partial charge in [0.05, 0.1) is 0 Å². The molecule has 0 aromatic heterocycles. The zero-order valence-electron chi connectivity index (χ0n) is 12.0. The summed E-state index contributed by atoms with van der Waals surface area (Å²) < 4.78 is 14.0. The van der Waals surface area contributed by atoms with Gasteiger partial charge in [0.1, 0.15) is 0 Å². The molecule has 2 nitrogen and oxygen atoms in total. The molecule has 3 aromatic rings. The van der Waals surface area contributed by atoms with Crippen LogP contribution in [0.1, 0.15) is 0 Å². The monoisotopic (exact) mass is 303 g/mol. The van der Waals surface area contributed by atoms with Gasteiger partial charge in [-0.2, -0.15) is 0 Å². The molecule has 22 heavy (non-hydrogen) atoms. The standard InChI is InChI=1S/C18H15BNOP/c19-20-15-11-13-18(14-12-15)22(21,16-7-3-1-4-8-16)17-9-5-2-6-10-17/h1-14,20H. The van der Waals surface area contributed by atoms with Crippen LogP contribution in [0.25, 0.3) is 0 Å². The Hall–Kier alpha value is -2.25. The molecule has 0 aliphatic heterocycles. The van der Waals surface area contributed by atoms with Gasteiger partial charge in [0.25, 0.3) is 0 Å². The van der Waals surface area contributed by atoms with Gasteiger partial charge in [0.2, 0.25) is 7.98 Å². The molecule has 106 valence electrons. The van der Waals surface area contributed by atoms with Gasteiger partial charge in [0, 0.05) is 21.6 Å². The molecule has 0 spiro atoms. The Morgan fingerprint density at radius 1 is 0.636 bits per heavy atom. The van der Waals surface area contributed by atoms with Gasteiger partial charge in [-0.05, 0) is 24.3 Å². The topological polar surface area (TPSA) is 29.1 Å². The van der Waals surface area contributed by atoms with Crippen molar-refractivity contribution >= 4 is 36.7 Å². The lowest BCUT2D eigenvalue weighted by Gasteiger charge is -2.20. The van der Waals surface area contributed by atoms with E-state index >= 15 is 0 Å². The van der Waals surface area contributed by atoms with Crippen molar-refractivity contribution in [2.45, 2.75) is 0 Å². The molecule has 0 unspecified atom stereocenters. The van der Waals surface area contributed by atoms with Gasteiger partial charge >= 0.3 is 0 Å². The van der Waals surface area contributed by atoms with Crippen LogP contribution < -0.4 is 21.1 Å². The molecule has 0 saturated carbocycles. The number of hydrogen-bond acceptors (Lipinski definition) is 2. The zero-order chi connectivity index (χ0) is 15.4. The van der Waals surface area contributed by atoms with Crippen LogP contribution in [-0.4, -0.2) is 7.98 Å². The molecule has 0 fully saturated rings. The Bertz CT molecular complexity index is 745. The summed E-state index contributed by atoms with van der Waals surface area (Å²) in [5.41, 5.74) is 0.788. The third kappa shape index (κ3) is 2.60. The van der Waals surface area contributed by atoms with E-state index in [0.29, 0.717) is 0 Å². The molecule has 0 aliphatic carbocycles. The van der Waals surface area contributed by atoms with Crippen LogP contribution in [0, 0.1) is 0 Å². The summed E-state index contributed by atoms with van der Waals surface area (Å²) in [6.07, 6.45) is 0. The summed E-state index contributed by atoms with van der Waals surface area (Å²) in [6, 6.07) is 26.6. The Kier molecular flexibility index (Phi) is 4.17. The first-order valence-electron chi connectivity index (χ1n) is 7.03. The van der Waals surface area contributed by atoms with E-state index in [4.69, 9.17) is 7.98 Å². The minimum Gasteiger partial charge on any atom is -0.437 e. The molecule has 0 amide bonds. The number of nitrogens with one attached hydrogen (secondary N) is 1. The highest BCUT2D eigenvalue weighted by molar-refractivity contribution is 7.85. The normalized spacial score (nSPS) is 11.1. The van der Waals surface area contributed by atoms with Gasteiger partial charge in [-0.3, -0.25) is 0 Å². The van der Waals surface area contributed by atoms with E-state index in [2.05, 4.69) is 5.23 Å². The van der Waals surface area contributed by atoms with Crippen molar-refractivity contribution in [2.24, 2.45) is 0 Å². The quantitative estimate of drug-likeness (QED) is 0.593. The van der Waals surface area contributed by atoms with Gasteiger partial charge in [-0.15, -0.1) is 0 Å². The lowest BCUT2D eigenvalue weighted by molar-refractivity contribution is 0.592. The molecule has 0 bridgehead atoms. The fourth-order valence-corrected chi connectivity index (χ4v) is 5.14. The maximum atomic E-state index is 14.0. The minimum absolute atomic E-state index is 0.788. The highest BCUT2D eigenvalue weighted by Crippen LogP contribution is 2.42. The van der Waals surface area contributed by atoms with E-state index in [-0.39, 0.29) is 0 Å². The van der Waals surface area contributed by atoms with Gasteiger partial charge in [-0.25, -0.2) is 0 Å². The van der Waals surface area contributed by atoms with Gasteiger partial charge in [-0.1, -0.05) is 60.7 Å². The average Bonchev–Trinajstić information content (AvgIpc) is 2.62. The molecule has 0 aliphatic rings. The molecule has 0 atom stereocenters. The SMILES string of the molecule is [B]Nc1ccc(P(=O)(c2ccccc2)c2ccccc2)cc1. The highest BCUT2D eigenvalue weighted by Gasteiger charge is 2.29. The summed E-state index contributed by atoms with van der Waals surface area (Å²) in [5, 5.41) is 5.05. The Labute approximate surface area is 132 Å². The van der Waals surface area contributed by atoms with Crippen LogP contribution in [0.3, 0.4) is 0 Å². The lowest BCUT2D eigenvalue weighted by atomic mass is 10.3. The Balaban J connectivity index is 2.21. The zero-order valence-corrected chi connectivity index (χ0v) is 12.9. The molecule has 3 rings (SSSR count). The Morgan fingerprint density at radius 3 is 1.45 bits per heavy atom. The van der Waals surface area contributed by atoms with Crippen molar-refractivity contribution in [2.75, 3.05) is 5.23 Å². The van der Waals surface area contributed by atoms with Crippen molar-refractivity contribution in [3.05, 3.63) is 84.9 Å². The molecular weight excluding hydrogens is 288 g/mol. The number of anilines is 1. The van der Waals surface area contributed by atoms with E-state index in [9.17, 15) is 4.57 Å². The van der Waals surface area contributed by atoms with Crippen LogP contribution in [0.5, 0.6) is 0 Å². The molecule has 1 N–H and O–H groups in total. The third-order valence-corrected chi connectivity index (χ3v) is 6.71. The second-order valence-corrected chi connectivity index (χ2v) is 7.74. The lowest BCUT2D eigenvalue weighted by Crippen LogP contribution is -2.24. The van der Waals surface area contributed by atoms with Crippen LogP contribution in [0.15, 0.2) is 84.9 Å². The fraction of sp³-hybridized carbons (Fsp3) is 0. The number of rotatable bonds is 4. The van der Waals surface area contributed by atoms with Gasteiger partial charge < -0.3 is 9.79 Å². The van der Waals surface area contributed by atoms with Crippen molar-refractivity contribution in [1.82, 2.24) is 0 Å². The van der Waals surface area contributed by atoms with Crippen LogP contribution in [0.4, 0.5) is 5.69 Å². The molecule has 2 radical (unpaired) electrons. The summed E-state index contributed by atoms with van der Waals surface area (Å²) >= 11 is 0. The second kappa shape index (κ2) is 6.25. The van der Waals surface area contributed by atoms with Crippen LogP contribution in [-0.2, 0) is 4.57 Å². The molecule has 0 saturated heterocycles. The largest absolute Gasteiger partial charge is 0.437 e. The summed E-state index contributed by atoms with van der Waals surface area (Å²) in [7, 11) is 2.54. The predicted molar refractivity (Wildman–Crippen MR) is 95.2 cm³/mol. The first-order chi connectivity index (χ1) is 10.7. The average molecular weight is 303 g/mol. The predicted octanol–water partition coefficient (Wildman–Crippen LogP) is 2.82. The first-order valence-corrected chi connectivity index (χ1v) is 8.74. The third-order valence-electron chi connectivity index (χ3n) is 3.64. The van der Waals surface area contributed by atoms with Crippen molar-refractivity contribution in [3.63, 3.8) is 0 Å². The maximum absolute atomic E-state index is 14.0. The first kappa shape index (κ1) is 14.7. The maximum Gasteiger partial charge on any atom is 0.222 e. The van der Waals surface area contributed by atoms with Crippen molar-refractivity contribution in [1.29, 1.82) is 0 Å². The summed E-state index contributed by atoms with van der Waals surface area (Å²) in [6.45, 7) is 0. The van der Waals surface area contributed by atoms with E-state index in [0.717, 1.165) is 21.6 Å². The van der Waals surface area contributed by atoms with E-state index < -0.39 is 7.14 Å².